The number of unbranched alkanes of at least 4 members (excludes halogenated alkanes) is 2. The second-order valence-corrected chi connectivity index (χ2v) is 7.53. The van der Waals surface area contributed by atoms with Crippen molar-refractivity contribution in [3.05, 3.63) is 58.5 Å². The predicted molar refractivity (Wildman–Crippen MR) is 113 cm³/mol. The fraction of sp³-hybridized carbons (Fsp3) is 0.333. The van der Waals surface area contributed by atoms with E-state index in [0.717, 1.165) is 24.8 Å². The maximum Gasteiger partial charge on any atom is 0.267 e. The summed E-state index contributed by atoms with van der Waals surface area (Å²) in [7, 11) is 0. The Kier molecular flexibility index (Phi) is 6.81. The fourth-order valence-corrected chi connectivity index (χ4v) is 3.67. The maximum atomic E-state index is 13.1. The minimum absolute atomic E-state index is 0.0627. The molecule has 0 radical (unpaired) electrons. The number of aryl methyl sites for hydroxylation is 1. The van der Waals surface area contributed by atoms with Crippen LogP contribution in [0.25, 0.3) is 16.7 Å². The number of hydrogen-bond acceptors (Lipinski definition) is 5. The zero-order valence-corrected chi connectivity index (χ0v) is 17.0. The lowest BCUT2D eigenvalue weighted by atomic mass is 10.2. The molecule has 1 amide bonds. The number of amides is 1. The SMILES string of the molecule is CCCCCNC(=O)CSc1nc2ccccc2c(=O)n1-c1cc(C)ccn1. The Labute approximate surface area is 168 Å². The Morgan fingerprint density at radius 1 is 1.21 bits per heavy atom. The zero-order valence-electron chi connectivity index (χ0n) is 16.1. The van der Waals surface area contributed by atoms with Crippen molar-refractivity contribution < 1.29 is 4.79 Å². The van der Waals surface area contributed by atoms with Crippen LogP contribution in [0.3, 0.4) is 0 Å². The molecule has 0 atom stereocenters. The van der Waals surface area contributed by atoms with E-state index >= 15 is 0 Å². The van der Waals surface area contributed by atoms with E-state index in [1.54, 1.807) is 18.3 Å². The van der Waals surface area contributed by atoms with Gasteiger partial charge in [0, 0.05) is 12.7 Å². The van der Waals surface area contributed by atoms with Gasteiger partial charge in [0.1, 0.15) is 5.82 Å². The van der Waals surface area contributed by atoms with Crippen molar-refractivity contribution in [2.45, 2.75) is 38.3 Å². The number of carbonyl (C=O) groups excluding carboxylic acids is 1. The van der Waals surface area contributed by atoms with Crippen LogP contribution >= 0.6 is 11.8 Å². The minimum atomic E-state index is -0.186. The summed E-state index contributed by atoms with van der Waals surface area (Å²) in [5.41, 5.74) is 1.42. The van der Waals surface area contributed by atoms with E-state index in [1.165, 1.54) is 16.3 Å². The van der Waals surface area contributed by atoms with Gasteiger partial charge in [-0.2, -0.15) is 0 Å². The van der Waals surface area contributed by atoms with Crippen LogP contribution in [0, 0.1) is 6.92 Å². The molecule has 28 heavy (non-hydrogen) atoms. The molecule has 2 aromatic heterocycles. The molecule has 0 aliphatic carbocycles. The summed E-state index contributed by atoms with van der Waals surface area (Å²) in [6, 6.07) is 10.9. The summed E-state index contributed by atoms with van der Waals surface area (Å²) < 4.78 is 1.49. The van der Waals surface area contributed by atoms with Crippen LogP contribution in [0.15, 0.2) is 52.5 Å². The third-order valence-corrected chi connectivity index (χ3v) is 5.25. The topological polar surface area (TPSA) is 76.9 Å². The molecule has 1 aromatic carbocycles. The average molecular weight is 397 g/mol. The van der Waals surface area contributed by atoms with E-state index in [-0.39, 0.29) is 17.2 Å². The van der Waals surface area contributed by atoms with Crippen LogP contribution in [0.5, 0.6) is 0 Å². The standard InChI is InChI=1S/C21H24N4O2S/c1-3-4-7-11-23-19(26)14-28-21-24-17-9-6-5-8-16(17)20(27)25(21)18-13-15(2)10-12-22-18/h5-6,8-10,12-13H,3-4,7,11,14H2,1-2H3,(H,23,26). The quantitative estimate of drug-likeness (QED) is 0.358. The van der Waals surface area contributed by atoms with Gasteiger partial charge in [0.15, 0.2) is 5.16 Å². The Bertz CT molecular complexity index is 1030. The number of hydrogen-bond donors (Lipinski definition) is 1. The zero-order chi connectivity index (χ0) is 19.9. The number of aromatic nitrogens is 3. The highest BCUT2D eigenvalue weighted by Gasteiger charge is 2.15. The lowest BCUT2D eigenvalue weighted by Crippen LogP contribution is -2.27. The highest BCUT2D eigenvalue weighted by Crippen LogP contribution is 2.20. The number of nitrogens with one attached hydrogen (secondary N) is 1. The average Bonchev–Trinajstić information content (AvgIpc) is 2.70. The molecule has 1 N–H and O–H groups in total. The molecule has 6 nitrogen and oxygen atoms in total. The van der Waals surface area contributed by atoms with Crippen molar-refractivity contribution in [1.29, 1.82) is 0 Å². The lowest BCUT2D eigenvalue weighted by molar-refractivity contribution is -0.118. The molecular formula is C21H24N4O2S. The first-order valence-corrected chi connectivity index (χ1v) is 10.4. The number of pyridine rings is 1. The molecule has 0 unspecified atom stereocenters. The first kappa shape index (κ1) is 20.1. The number of para-hydroxylation sites is 1. The highest BCUT2D eigenvalue weighted by molar-refractivity contribution is 7.99. The molecule has 0 bridgehead atoms. The Hall–Kier alpha value is -2.67. The summed E-state index contributed by atoms with van der Waals surface area (Å²) in [4.78, 5) is 34.3. The Morgan fingerprint density at radius 2 is 2.04 bits per heavy atom. The minimum Gasteiger partial charge on any atom is -0.355 e. The molecule has 0 spiro atoms. The van der Waals surface area contributed by atoms with Gasteiger partial charge < -0.3 is 5.32 Å². The molecule has 2 heterocycles. The summed E-state index contributed by atoms with van der Waals surface area (Å²) in [6.45, 7) is 4.74. The number of fused-ring (bicyclic) bond motifs is 1. The van der Waals surface area contributed by atoms with Crippen molar-refractivity contribution in [3.63, 3.8) is 0 Å². The van der Waals surface area contributed by atoms with Gasteiger partial charge in [0.2, 0.25) is 5.91 Å². The van der Waals surface area contributed by atoms with E-state index in [9.17, 15) is 9.59 Å². The number of carbonyl (C=O) groups is 1. The van der Waals surface area contributed by atoms with Gasteiger partial charge >= 0.3 is 0 Å². The molecular weight excluding hydrogens is 372 g/mol. The van der Waals surface area contributed by atoms with Gasteiger partial charge in [-0.15, -0.1) is 0 Å². The highest BCUT2D eigenvalue weighted by atomic mass is 32.2. The third kappa shape index (κ3) is 4.78. The van der Waals surface area contributed by atoms with Gasteiger partial charge in [0.05, 0.1) is 16.7 Å². The van der Waals surface area contributed by atoms with Crippen molar-refractivity contribution in [2.75, 3.05) is 12.3 Å². The largest absolute Gasteiger partial charge is 0.355 e. The number of rotatable bonds is 8. The molecule has 0 aliphatic rings. The van der Waals surface area contributed by atoms with Crippen LogP contribution in [0.1, 0.15) is 31.7 Å². The molecule has 3 rings (SSSR count). The molecule has 0 aliphatic heterocycles. The van der Waals surface area contributed by atoms with Crippen LogP contribution in [-0.2, 0) is 4.79 Å². The van der Waals surface area contributed by atoms with Gasteiger partial charge in [0.25, 0.3) is 5.56 Å². The van der Waals surface area contributed by atoms with Crippen LogP contribution in [-0.4, -0.2) is 32.7 Å². The molecule has 3 aromatic rings. The monoisotopic (exact) mass is 396 g/mol. The fourth-order valence-electron chi connectivity index (χ4n) is 2.84. The van der Waals surface area contributed by atoms with E-state index in [2.05, 4.69) is 22.2 Å². The second kappa shape index (κ2) is 9.50. The molecule has 7 heteroatoms. The number of nitrogens with zero attached hydrogens (tertiary/aromatic N) is 3. The van der Waals surface area contributed by atoms with Crippen molar-refractivity contribution in [2.24, 2.45) is 0 Å². The van der Waals surface area contributed by atoms with Gasteiger partial charge in [-0.05, 0) is 43.2 Å². The first-order chi connectivity index (χ1) is 13.6. The molecule has 0 saturated heterocycles. The van der Waals surface area contributed by atoms with Crippen LogP contribution in [0.4, 0.5) is 0 Å². The first-order valence-electron chi connectivity index (χ1n) is 9.44. The summed E-state index contributed by atoms with van der Waals surface area (Å²) in [5.74, 6) is 0.643. The van der Waals surface area contributed by atoms with Gasteiger partial charge in [-0.25, -0.2) is 14.5 Å². The molecule has 146 valence electrons. The number of benzene rings is 1. The van der Waals surface area contributed by atoms with E-state index in [1.807, 2.05) is 31.2 Å². The normalized spacial score (nSPS) is 10.9. The Balaban J connectivity index is 1.91. The summed E-state index contributed by atoms with van der Waals surface area (Å²) >= 11 is 1.25. The number of thioether (sulfide) groups is 1. The van der Waals surface area contributed by atoms with Crippen molar-refractivity contribution >= 4 is 28.6 Å². The third-order valence-electron chi connectivity index (χ3n) is 4.31. The second-order valence-electron chi connectivity index (χ2n) is 6.59. The van der Waals surface area contributed by atoms with E-state index < -0.39 is 0 Å². The van der Waals surface area contributed by atoms with Crippen molar-refractivity contribution in [3.8, 4) is 5.82 Å². The maximum absolute atomic E-state index is 13.1. The van der Waals surface area contributed by atoms with E-state index in [0.29, 0.717) is 28.4 Å². The van der Waals surface area contributed by atoms with Crippen LogP contribution in [0.2, 0.25) is 0 Å². The van der Waals surface area contributed by atoms with E-state index in [4.69, 9.17) is 0 Å². The smallest absolute Gasteiger partial charge is 0.267 e. The predicted octanol–water partition coefficient (Wildman–Crippen LogP) is 3.49. The molecule has 0 saturated carbocycles. The summed E-state index contributed by atoms with van der Waals surface area (Å²) in [5, 5.41) is 3.91. The lowest BCUT2D eigenvalue weighted by Gasteiger charge is -2.13. The van der Waals surface area contributed by atoms with Gasteiger partial charge in [-0.3, -0.25) is 9.59 Å². The van der Waals surface area contributed by atoms with Crippen molar-refractivity contribution in [1.82, 2.24) is 19.9 Å². The Morgan fingerprint density at radius 3 is 2.82 bits per heavy atom. The summed E-state index contributed by atoms with van der Waals surface area (Å²) in [6.07, 6.45) is 4.85. The molecule has 0 fully saturated rings. The van der Waals surface area contributed by atoms with Crippen LogP contribution < -0.4 is 10.9 Å². The van der Waals surface area contributed by atoms with Gasteiger partial charge in [-0.1, -0.05) is 43.7 Å².